The first kappa shape index (κ1) is 14.0. The summed E-state index contributed by atoms with van der Waals surface area (Å²) < 4.78 is 40.2. The number of carbonyl (C=O) groups is 1. The second-order valence-electron chi connectivity index (χ2n) is 6.80. The lowest BCUT2D eigenvalue weighted by atomic mass is 9.50. The predicted molar refractivity (Wildman–Crippen MR) is 66.9 cm³/mol. The minimum atomic E-state index is -4.53. The Labute approximate surface area is 116 Å². The van der Waals surface area contributed by atoms with Gasteiger partial charge < -0.3 is 5.11 Å². The molecule has 4 bridgehead atoms. The number of halogens is 3. The molecule has 0 heterocycles. The van der Waals surface area contributed by atoms with Crippen LogP contribution in [-0.2, 0) is 4.79 Å². The van der Waals surface area contributed by atoms with Gasteiger partial charge in [0, 0.05) is 11.1 Å². The molecule has 112 valence electrons. The van der Waals surface area contributed by atoms with Crippen LogP contribution in [0.25, 0.3) is 0 Å². The van der Waals surface area contributed by atoms with Gasteiger partial charge in [-0.3, -0.25) is 0 Å². The summed E-state index contributed by atoms with van der Waals surface area (Å²) in [5.74, 6) is -0.791. The van der Waals surface area contributed by atoms with E-state index in [1.807, 2.05) is 0 Å². The van der Waals surface area contributed by atoms with Crippen LogP contribution in [0.5, 0.6) is 0 Å². The lowest BCUT2D eigenvalue weighted by Crippen LogP contribution is -2.48. The largest absolute Gasteiger partial charge is 0.478 e. The monoisotopic (exact) mass is 288 g/mol. The quantitative estimate of drug-likeness (QED) is 0.779. The van der Waals surface area contributed by atoms with Crippen molar-refractivity contribution in [3.8, 4) is 0 Å². The highest BCUT2D eigenvalue weighted by atomic mass is 19.4. The first-order valence-corrected chi connectivity index (χ1v) is 7.28. The van der Waals surface area contributed by atoms with Crippen LogP contribution in [0.2, 0.25) is 0 Å². The normalized spacial score (nSPS) is 40.7. The van der Waals surface area contributed by atoms with Crippen molar-refractivity contribution in [2.24, 2.45) is 29.6 Å². The summed E-state index contributed by atoms with van der Waals surface area (Å²) in [6, 6.07) is 0. The summed E-state index contributed by atoms with van der Waals surface area (Å²) in [4.78, 5) is 11.1. The molecular formula is C15H19F3O2. The van der Waals surface area contributed by atoms with Gasteiger partial charge in [0.15, 0.2) is 0 Å². The summed E-state index contributed by atoms with van der Waals surface area (Å²) >= 11 is 0. The third-order valence-corrected chi connectivity index (χ3v) is 5.59. The van der Waals surface area contributed by atoms with E-state index in [2.05, 4.69) is 0 Å². The van der Waals surface area contributed by atoms with Crippen LogP contribution in [0.15, 0.2) is 11.1 Å². The zero-order chi connectivity index (χ0) is 14.7. The molecule has 1 N–H and O–H groups in total. The highest BCUT2D eigenvalue weighted by Gasteiger charge is 2.54. The fourth-order valence-electron chi connectivity index (χ4n) is 5.16. The second kappa shape index (κ2) is 4.50. The van der Waals surface area contributed by atoms with E-state index in [0.717, 1.165) is 32.6 Å². The third kappa shape index (κ3) is 2.15. The average molecular weight is 288 g/mol. The van der Waals surface area contributed by atoms with Crippen LogP contribution >= 0.6 is 0 Å². The molecule has 2 nitrogen and oxygen atoms in total. The van der Waals surface area contributed by atoms with Crippen molar-refractivity contribution in [1.29, 1.82) is 0 Å². The van der Waals surface area contributed by atoms with Gasteiger partial charge in [-0.25, -0.2) is 4.79 Å². The highest BCUT2D eigenvalue weighted by molar-refractivity contribution is 5.87. The van der Waals surface area contributed by atoms with Gasteiger partial charge in [0.05, 0.1) is 0 Å². The fraction of sp³-hybridized carbons (Fsp3) is 0.800. The van der Waals surface area contributed by atoms with Crippen molar-refractivity contribution < 1.29 is 23.1 Å². The van der Waals surface area contributed by atoms with Gasteiger partial charge in [-0.15, -0.1) is 0 Å². The first-order valence-electron chi connectivity index (χ1n) is 7.28. The number of alkyl halides is 3. The molecule has 0 aromatic heterocycles. The topological polar surface area (TPSA) is 37.3 Å². The Kier molecular flexibility index (Phi) is 3.14. The number of carboxylic acids is 1. The first-order chi connectivity index (χ1) is 9.27. The molecule has 0 aromatic rings. The Hall–Kier alpha value is -1.00. The van der Waals surface area contributed by atoms with E-state index in [1.165, 1.54) is 6.42 Å². The molecule has 0 saturated heterocycles. The fourth-order valence-corrected chi connectivity index (χ4v) is 5.16. The highest BCUT2D eigenvalue weighted by Crippen LogP contribution is 2.60. The van der Waals surface area contributed by atoms with Crippen LogP contribution in [0.3, 0.4) is 0 Å². The molecule has 0 radical (unpaired) electrons. The molecule has 4 fully saturated rings. The lowest BCUT2D eigenvalue weighted by Gasteiger charge is -2.55. The number of allylic oxidation sites excluding steroid dienone is 1. The summed E-state index contributed by atoms with van der Waals surface area (Å²) in [5.41, 5.74) is -1.26. The van der Waals surface area contributed by atoms with Gasteiger partial charge in [-0.2, -0.15) is 13.2 Å². The molecule has 4 aliphatic rings. The van der Waals surface area contributed by atoms with Gasteiger partial charge in [-0.05, 0) is 68.6 Å². The Morgan fingerprint density at radius 1 is 1.00 bits per heavy atom. The molecule has 0 amide bonds. The van der Waals surface area contributed by atoms with Crippen molar-refractivity contribution in [1.82, 2.24) is 0 Å². The number of hydrogen-bond acceptors (Lipinski definition) is 1. The van der Waals surface area contributed by atoms with E-state index < -0.39 is 29.2 Å². The number of carboxylic acid groups (broad SMARTS) is 1. The van der Waals surface area contributed by atoms with Crippen LogP contribution in [0, 0.1) is 29.6 Å². The third-order valence-electron chi connectivity index (χ3n) is 5.59. The molecule has 0 spiro atoms. The Morgan fingerprint density at radius 2 is 1.45 bits per heavy atom. The molecule has 0 unspecified atom stereocenters. The molecule has 4 saturated carbocycles. The maximum absolute atomic E-state index is 13.4. The summed E-state index contributed by atoms with van der Waals surface area (Å²) in [7, 11) is 0. The SMILES string of the molecule is CC(C(=O)O)=C(C1C2CC3CC(C2)CC1C3)C(F)(F)F. The molecule has 0 aromatic carbocycles. The van der Waals surface area contributed by atoms with Crippen LogP contribution in [0.1, 0.15) is 39.0 Å². The van der Waals surface area contributed by atoms with Crippen molar-refractivity contribution >= 4 is 5.97 Å². The zero-order valence-corrected chi connectivity index (χ0v) is 11.4. The standard InChI is InChI=1S/C15H19F3O2/c1-7(14(19)20)13(15(16,17)18)12-10-3-8-2-9(5-10)6-11(12)4-8/h8-12H,2-6H2,1H3,(H,19,20). The summed E-state index contributed by atoms with van der Waals surface area (Å²) in [5, 5.41) is 9.01. The van der Waals surface area contributed by atoms with Gasteiger partial charge >= 0.3 is 12.1 Å². The molecule has 20 heavy (non-hydrogen) atoms. The van der Waals surface area contributed by atoms with E-state index in [1.54, 1.807) is 0 Å². The average Bonchev–Trinajstić information content (AvgIpc) is 2.30. The maximum atomic E-state index is 13.4. The molecule has 4 aliphatic carbocycles. The maximum Gasteiger partial charge on any atom is 0.413 e. The van der Waals surface area contributed by atoms with E-state index in [9.17, 15) is 18.0 Å². The van der Waals surface area contributed by atoms with Gasteiger partial charge in [-0.1, -0.05) is 0 Å². The molecule has 0 aliphatic heterocycles. The Morgan fingerprint density at radius 3 is 1.80 bits per heavy atom. The minimum Gasteiger partial charge on any atom is -0.478 e. The summed E-state index contributed by atoms with van der Waals surface area (Å²) in [6.45, 7) is 1.11. The molecular weight excluding hydrogens is 269 g/mol. The molecule has 4 rings (SSSR count). The van der Waals surface area contributed by atoms with Crippen molar-refractivity contribution in [3.63, 3.8) is 0 Å². The van der Waals surface area contributed by atoms with Crippen molar-refractivity contribution in [3.05, 3.63) is 11.1 Å². The Bertz CT molecular complexity index is 436. The van der Waals surface area contributed by atoms with Crippen molar-refractivity contribution in [2.45, 2.75) is 45.2 Å². The molecule has 5 heteroatoms. The predicted octanol–water partition coefficient (Wildman–Crippen LogP) is 4.02. The number of aliphatic carboxylic acids is 1. The van der Waals surface area contributed by atoms with E-state index in [-0.39, 0.29) is 11.8 Å². The van der Waals surface area contributed by atoms with Crippen molar-refractivity contribution in [2.75, 3.05) is 0 Å². The van der Waals surface area contributed by atoms with Gasteiger partial charge in [0.1, 0.15) is 0 Å². The van der Waals surface area contributed by atoms with Crippen LogP contribution in [0.4, 0.5) is 13.2 Å². The number of hydrogen-bond donors (Lipinski definition) is 1. The molecule has 0 atom stereocenters. The van der Waals surface area contributed by atoms with E-state index >= 15 is 0 Å². The zero-order valence-electron chi connectivity index (χ0n) is 11.4. The minimum absolute atomic E-state index is 0.0391. The second-order valence-corrected chi connectivity index (χ2v) is 6.80. The number of rotatable bonds is 2. The smallest absolute Gasteiger partial charge is 0.413 e. The van der Waals surface area contributed by atoms with E-state index in [4.69, 9.17) is 5.11 Å². The summed E-state index contributed by atoms with van der Waals surface area (Å²) in [6.07, 6.45) is 0.0494. The van der Waals surface area contributed by atoms with Crippen LogP contribution in [-0.4, -0.2) is 17.3 Å². The Balaban J connectivity index is 2.01. The van der Waals surface area contributed by atoms with Crippen LogP contribution < -0.4 is 0 Å². The van der Waals surface area contributed by atoms with E-state index in [0.29, 0.717) is 11.8 Å². The van der Waals surface area contributed by atoms with Gasteiger partial charge in [0.2, 0.25) is 0 Å². The lowest BCUT2D eigenvalue weighted by molar-refractivity contribution is -0.137. The van der Waals surface area contributed by atoms with Gasteiger partial charge in [0.25, 0.3) is 0 Å².